The summed E-state index contributed by atoms with van der Waals surface area (Å²) in [5, 5.41) is 10.2. The molecule has 2 aromatic heterocycles. The van der Waals surface area contributed by atoms with Gasteiger partial charge in [-0.2, -0.15) is 4.98 Å². The molecule has 0 saturated carbocycles. The molecule has 2 aromatic carbocycles. The first kappa shape index (κ1) is 18.4. The van der Waals surface area contributed by atoms with E-state index in [2.05, 4.69) is 15.4 Å². The molecular weight excluding hydrogens is 392 g/mol. The molecule has 2 heterocycles. The van der Waals surface area contributed by atoms with Gasteiger partial charge in [-0.3, -0.25) is 4.79 Å². The van der Waals surface area contributed by atoms with E-state index in [4.69, 9.17) is 11.6 Å². The second-order valence-electron chi connectivity index (χ2n) is 6.15. The van der Waals surface area contributed by atoms with Crippen molar-refractivity contribution in [3.8, 4) is 11.4 Å². The Kier molecular flexibility index (Phi) is 5.50. The molecule has 0 saturated heterocycles. The van der Waals surface area contributed by atoms with Crippen molar-refractivity contribution in [2.45, 2.75) is 6.42 Å². The minimum atomic E-state index is -0.115. The first-order valence-electron chi connectivity index (χ1n) is 8.79. The highest BCUT2D eigenvalue weighted by Crippen LogP contribution is 2.22. The minimum Gasteiger partial charge on any atom is -0.352 e. The Balaban J connectivity index is 1.38. The quantitative estimate of drug-likeness (QED) is 0.478. The average molecular weight is 409 g/mol. The number of aromatic nitrogens is 3. The van der Waals surface area contributed by atoms with E-state index in [1.54, 1.807) is 12.2 Å². The van der Waals surface area contributed by atoms with Crippen LogP contribution >= 0.6 is 22.9 Å². The molecule has 140 valence electrons. The van der Waals surface area contributed by atoms with Crippen molar-refractivity contribution >= 4 is 39.9 Å². The predicted molar refractivity (Wildman–Crippen MR) is 113 cm³/mol. The van der Waals surface area contributed by atoms with Crippen molar-refractivity contribution in [3.63, 3.8) is 0 Å². The summed E-state index contributed by atoms with van der Waals surface area (Å²) in [4.78, 5) is 17.4. The molecule has 0 atom stereocenters. The van der Waals surface area contributed by atoms with E-state index in [1.165, 1.54) is 11.3 Å². The van der Waals surface area contributed by atoms with Crippen LogP contribution in [0.25, 0.3) is 22.4 Å². The molecular formula is C21H17ClN4OS. The van der Waals surface area contributed by atoms with Gasteiger partial charge >= 0.3 is 0 Å². The van der Waals surface area contributed by atoms with Crippen LogP contribution in [0.5, 0.6) is 0 Å². The van der Waals surface area contributed by atoms with Crippen LogP contribution in [0.15, 0.2) is 66.1 Å². The smallest absolute Gasteiger partial charge is 0.244 e. The van der Waals surface area contributed by atoms with Crippen molar-refractivity contribution in [1.82, 2.24) is 19.9 Å². The lowest BCUT2D eigenvalue weighted by Crippen LogP contribution is -2.23. The number of rotatable bonds is 6. The van der Waals surface area contributed by atoms with Crippen LogP contribution in [0.3, 0.4) is 0 Å². The molecule has 0 aliphatic carbocycles. The number of hydrogen-bond donors (Lipinski definition) is 1. The van der Waals surface area contributed by atoms with E-state index in [9.17, 15) is 4.79 Å². The Morgan fingerprint density at radius 2 is 1.93 bits per heavy atom. The van der Waals surface area contributed by atoms with Gasteiger partial charge in [0.15, 0.2) is 5.82 Å². The van der Waals surface area contributed by atoms with Crippen LogP contribution in [0.1, 0.15) is 11.3 Å². The van der Waals surface area contributed by atoms with E-state index >= 15 is 0 Å². The molecule has 0 aliphatic heterocycles. The lowest BCUT2D eigenvalue weighted by atomic mass is 10.2. The molecule has 7 heteroatoms. The van der Waals surface area contributed by atoms with Gasteiger partial charge in [-0.1, -0.05) is 41.9 Å². The maximum atomic E-state index is 12.0. The van der Waals surface area contributed by atoms with Gasteiger partial charge in [0.2, 0.25) is 10.9 Å². The fraction of sp³-hybridized carbons (Fsp3) is 0.0952. The molecule has 4 aromatic rings. The van der Waals surface area contributed by atoms with Crippen LogP contribution in [-0.2, 0) is 11.2 Å². The van der Waals surface area contributed by atoms with Crippen molar-refractivity contribution < 1.29 is 4.79 Å². The van der Waals surface area contributed by atoms with E-state index in [0.29, 0.717) is 23.8 Å². The molecule has 28 heavy (non-hydrogen) atoms. The van der Waals surface area contributed by atoms with Gasteiger partial charge in [0.1, 0.15) is 0 Å². The van der Waals surface area contributed by atoms with Gasteiger partial charge in [-0.05, 0) is 35.9 Å². The highest BCUT2D eigenvalue weighted by molar-refractivity contribution is 7.15. The zero-order valence-electron chi connectivity index (χ0n) is 14.9. The first-order valence-corrected chi connectivity index (χ1v) is 10.0. The summed E-state index contributed by atoms with van der Waals surface area (Å²) < 4.78 is 1.83. The van der Waals surface area contributed by atoms with Crippen molar-refractivity contribution in [1.29, 1.82) is 0 Å². The fourth-order valence-corrected chi connectivity index (χ4v) is 3.71. The Hall–Kier alpha value is -2.96. The number of thiazole rings is 1. The van der Waals surface area contributed by atoms with Gasteiger partial charge in [0.25, 0.3) is 0 Å². The number of carbonyl (C=O) groups is 1. The molecule has 0 aliphatic rings. The number of carbonyl (C=O) groups excluding carboxylic acids is 1. The standard InChI is InChI=1S/C21H17ClN4OS/c22-17-9-7-16(8-10-17)20-24-21-26(25-20)18(14-28-21)12-13-23-19(27)11-6-15-4-2-1-3-5-15/h1-11,14H,12-13H2,(H,23,27). The van der Waals surface area contributed by atoms with Crippen molar-refractivity contribution in [2.24, 2.45) is 0 Å². The van der Waals surface area contributed by atoms with Crippen molar-refractivity contribution in [3.05, 3.63) is 82.3 Å². The van der Waals surface area contributed by atoms with Crippen LogP contribution in [0.4, 0.5) is 0 Å². The average Bonchev–Trinajstić information content (AvgIpc) is 3.29. The number of nitrogens with zero attached hydrogens (tertiary/aromatic N) is 3. The zero-order valence-corrected chi connectivity index (χ0v) is 16.5. The number of amides is 1. The third-order valence-corrected chi connectivity index (χ3v) is 5.28. The Morgan fingerprint density at radius 3 is 2.71 bits per heavy atom. The summed E-state index contributed by atoms with van der Waals surface area (Å²) in [6.07, 6.45) is 4.02. The lowest BCUT2D eigenvalue weighted by Gasteiger charge is -2.01. The predicted octanol–water partition coefficient (Wildman–Crippen LogP) is 4.48. The molecule has 1 N–H and O–H groups in total. The summed E-state index contributed by atoms with van der Waals surface area (Å²) in [5.74, 6) is 0.551. The van der Waals surface area contributed by atoms with Gasteiger partial charge in [0, 0.05) is 35.0 Å². The monoisotopic (exact) mass is 408 g/mol. The molecule has 1 amide bonds. The maximum absolute atomic E-state index is 12.0. The Bertz CT molecular complexity index is 1120. The Morgan fingerprint density at radius 1 is 1.14 bits per heavy atom. The normalized spacial score (nSPS) is 11.3. The van der Waals surface area contributed by atoms with E-state index in [0.717, 1.165) is 21.8 Å². The third-order valence-electron chi connectivity index (χ3n) is 4.16. The molecule has 0 unspecified atom stereocenters. The lowest BCUT2D eigenvalue weighted by molar-refractivity contribution is -0.116. The van der Waals surface area contributed by atoms with Gasteiger partial charge in [-0.25, -0.2) is 4.52 Å². The van der Waals surface area contributed by atoms with Gasteiger partial charge < -0.3 is 5.32 Å². The third kappa shape index (κ3) is 4.30. The number of benzene rings is 2. The van der Waals surface area contributed by atoms with Crippen LogP contribution in [0, 0.1) is 0 Å². The molecule has 0 bridgehead atoms. The Labute approximate surface area is 171 Å². The summed E-state index contributed by atoms with van der Waals surface area (Å²) in [5.41, 5.74) is 2.93. The number of halogens is 1. The summed E-state index contributed by atoms with van der Waals surface area (Å²) in [7, 11) is 0. The number of fused-ring (bicyclic) bond motifs is 1. The van der Waals surface area contributed by atoms with Gasteiger partial charge in [-0.15, -0.1) is 16.4 Å². The topological polar surface area (TPSA) is 59.3 Å². The summed E-state index contributed by atoms with van der Waals surface area (Å²) in [6.45, 7) is 0.528. The molecule has 0 spiro atoms. The summed E-state index contributed by atoms with van der Waals surface area (Å²) in [6, 6.07) is 17.2. The van der Waals surface area contributed by atoms with E-state index in [1.807, 2.05) is 64.5 Å². The SMILES string of the molecule is O=C(C=Cc1ccccc1)NCCc1csc2nc(-c3ccc(Cl)cc3)nn12. The van der Waals surface area contributed by atoms with E-state index < -0.39 is 0 Å². The molecule has 0 radical (unpaired) electrons. The molecule has 4 rings (SSSR count). The van der Waals surface area contributed by atoms with Crippen LogP contribution in [-0.4, -0.2) is 27.0 Å². The number of hydrogen-bond acceptors (Lipinski definition) is 4. The fourth-order valence-electron chi connectivity index (χ4n) is 2.73. The zero-order chi connectivity index (χ0) is 19.3. The highest BCUT2D eigenvalue weighted by atomic mass is 35.5. The largest absolute Gasteiger partial charge is 0.352 e. The molecule has 0 fully saturated rings. The minimum absolute atomic E-state index is 0.115. The van der Waals surface area contributed by atoms with Gasteiger partial charge in [0.05, 0.1) is 5.69 Å². The van der Waals surface area contributed by atoms with E-state index in [-0.39, 0.29) is 5.91 Å². The number of nitrogens with one attached hydrogen (secondary N) is 1. The molecule has 5 nitrogen and oxygen atoms in total. The van der Waals surface area contributed by atoms with Crippen LogP contribution in [0.2, 0.25) is 5.02 Å². The van der Waals surface area contributed by atoms with Crippen LogP contribution < -0.4 is 5.32 Å². The first-order chi connectivity index (χ1) is 13.7. The second kappa shape index (κ2) is 8.37. The summed E-state index contributed by atoms with van der Waals surface area (Å²) >= 11 is 7.47. The second-order valence-corrected chi connectivity index (χ2v) is 7.42. The van der Waals surface area contributed by atoms with Crippen molar-refractivity contribution in [2.75, 3.05) is 6.54 Å². The highest BCUT2D eigenvalue weighted by Gasteiger charge is 2.11. The maximum Gasteiger partial charge on any atom is 0.244 e.